The number of fused-ring (bicyclic) bond motifs is 1. The van der Waals surface area contributed by atoms with Gasteiger partial charge in [-0.15, -0.1) is 0 Å². The van der Waals surface area contributed by atoms with E-state index in [9.17, 15) is 18.8 Å². The number of urea groups is 1. The van der Waals surface area contributed by atoms with E-state index in [4.69, 9.17) is 4.74 Å². The van der Waals surface area contributed by atoms with Crippen LogP contribution < -0.4 is 5.32 Å². The molecule has 2 aromatic carbocycles. The second kappa shape index (κ2) is 15.3. The number of carbonyl (C=O) groups is 3. The van der Waals surface area contributed by atoms with Crippen molar-refractivity contribution in [1.29, 1.82) is 0 Å². The number of amides is 4. The maximum atomic E-state index is 13.9. The van der Waals surface area contributed by atoms with Gasteiger partial charge in [-0.25, -0.2) is 19.2 Å². The van der Waals surface area contributed by atoms with Crippen LogP contribution >= 0.6 is 0 Å². The Morgan fingerprint density at radius 1 is 1.12 bits per heavy atom. The molecule has 228 valence electrons. The number of ether oxygens (including phenoxy) is 1. The third kappa shape index (κ3) is 7.97. The Bertz CT molecular complexity index is 1360. The number of hydrazine groups is 1. The molecule has 0 spiro atoms. The number of hydrogen-bond donors (Lipinski definition) is 1. The largest absolute Gasteiger partial charge is 0.375 e. The van der Waals surface area contributed by atoms with E-state index in [2.05, 4.69) is 24.4 Å². The van der Waals surface area contributed by atoms with Gasteiger partial charge >= 0.3 is 6.03 Å². The van der Waals surface area contributed by atoms with Gasteiger partial charge in [-0.3, -0.25) is 9.59 Å². The number of benzene rings is 2. The highest BCUT2D eigenvalue weighted by molar-refractivity contribution is 5.92. The van der Waals surface area contributed by atoms with Gasteiger partial charge in [0, 0.05) is 20.1 Å². The minimum Gasteiger partial charge on any atom is -0.375 e. The molecule has 0 aliphatic carbocycles. The Balaban J connectivity index is 1.51. The van der Waals surface area contributed by atoms with Crippen LogP contribution in [0, 0.1) is 0 Å². The van der Waals surface area contributed by atoms with E-state index in [-0.39, 0.29) is 31.4 Å². The molecule has 2 aromatic rings. The summed E-state index contributed by atoms with van der Waals surface area (Å²) < 4.78 is 19.5. The van der Waals surface area contributed by atoms with Gasteiger partial charge in [0.1, 0.15) is 18.0 Å². The van der Waals surface area contributed by atoms with Crippen molar-refractivity contribution in [2.75, 3.05) is 39.8 Å². The van der Waals surface area contributed by atoms with Crippen molar-refractivity contribution < 1.29 is 23.5 Å². The lowest BCUT2D eigenvalue weighted by Gasteiger charge is -2.54. The van der Waals surface area contributed by atoms with Gasteiger partial charge in [0.05, 0.1) is 26.3 Å². The summed E-state index contributed by atoms with van der Waals surface area (Å²) in [4.78, 5) is 43.9. The molecule has 0 radical (unpaired) electrons. The summed E-state index contributed by atoms with van der Waals surface area (Å²) in [6, 6.07) is 16.1. The van der Waals surface area contributed by atoms with E-state index in [1.54, 1.807) is 36.0 Å². The molecule has 0 aromatic heterocycles. The van der Waals surface area contributed by atoms with Crippen molar-refractivity contribution in [2.24, 2.45) is 0 Å². The van der Waals surface area contributed by atoms with Gasteiger partial charge in [-0.2, -0.15) is 0 Å². The first-order valence-electron chi connectivity index (χ1n) is 14.6. The number of halogens is 1. The molecule has 9 nitrogen and oxygen atoms in total. The Morgan fingerprint density at radius 2 is 1.88 bits per heavy atom. The third-order valence-corrected chi connectivity index (χ3v) is 7.42. The standard InChI is InChI=1S/C33H40FN5O4/c1-4-12-28(34)17-9-10-18-35-33(42)39-29-22-37(19-20-43-24-26-14-11-13-25(5-2)21-26)32(41)31(27-15-7-6-8-16-27)38(29)30(40)23-36(39)3/h4,6-17,21,29,31H,5,18-20,22-24H2,1-3H3,(H,35,42)/b10-9+,12-4-,28-17+/t29?,31-/m0/s1. The Hall–Kier alpha value is -4.28. The lowest BCUT2D eigenvalue weighted by atomic mass is 9.99. The highest BCUT2D eigenvalue weighted by Crippen LogP contribution is 2.34. The lowest BCUT2D eigenvalue weighted by Crippen LogP contribution is -2.74. The molecule has 2 atom stereocenters. The molecule has 2 fully saturated rings. The molecule has 0 saturated carbocycles. The number of likely N-dealkylation sites (N-methyl/N-ethyl adjacent to an activating group) is 1. The summed E-state index contributed by atoms with van der Waals surface area (Å²) in [7, 11) is 1.67. The minimum absolute atomic E-state index is 0.0619. The van der Waals surface area contributed by atoms with Crippen molar-refractivity contribution in [2.45, 2.75) is 39.1 Å². The minimum atomic E-state index is -0.877. The van der Waals surface area contributed by atoms with Gasteiger partial charge < -0.3 is 19.9 Å². The maximum absolute atomic E-state index is 13.9. The van der Waals surface area contributed by atoms with E-state index in [0.29, 0.717) is 25.3 Å². The molecule has 2 aliphatic heterocycles. The summed E-state index contributed by atoms with van der Waals surface area (Å²) >= 11 is 0. The molecule has 10 heteroatoms. The first-order valence-corrected chi connectivity index (χ1v) is 14.6. The van der Waals surface area contributed by atoms with Crippen molar-refractivity contribution >= 4 is 17.8 Å². The van der Waals surface area contributed by atoms with Crippen LogP contribution in [0.25, 0.3) is 0 Å². The Kier molecular flexibility index (Phi) is 11.2. The van der Waals surface area contributed by atoms with Crippen LogP contribution in [0.3, 0.4) is 0 Å². The van der Waals surface area contributed by atoms with Crippen molar-refractivity contribution in [3.05, 3.63) is 107 Å². The maximum Gasteiger partial charge on any atom is 0.334 e. The molecule has 4 rings (SSSR count). The average Bonchev–Trinajstić information content (AvgIpc) is 3.00. The second-order valence-electron chi connectivity index (χ2n) is 10.4. The molecule has 1 unspecified atom stereocenters. The summed E-state index contributed by atoms with van der Waals surface area (Å²) in [5.74, 6) is -0.850. The van der Waals surface area contributed by atoms with Crippen molar-refractivity contribution in [3.8, 4) is 0 Å². The van der Waals surface area contributed by atoms with Crippen LogP contribution in [-0.2, 0) is 27.4 Å². The van der Waals surface area contributed by atoms with E-state index in [0.717, 1.165) is 12.0 Å². The monoisotopic (exact) mass is 589 g/mol. The van der Waals surface area contributed by atoms with Crippen LogP contribution in [0.4, 0.5) is 9.18 Å². The van der Waals surface area contributed by atoms with Gasteiger partial charge in [0.2, 0.25) is 11.8 Å². The van der Waals surface area contributed by atoms with Crippen molar-refractivity contribution in [3.63, 3.8) is 0 Å². The van der Waals surface area contributed by atoms with Crippen LogP contribution in [0.5, 0.6) is 0 Å². The van der Waals surface area contributed by atoms with Gasteiger partial charge in [0.15, 0.2) is 0 Å². The first kappa shape index (κ1) is 31.7. The predicted octanol–water partition coefficient (Wildman–Crippen LogP) is 4.36. The molecule has 4 amide bonds. The number of carbonyl (C=O) groups excluding carboxylic acids is 3. The predicted molar refractivity (Wildman–Crippen MR) is 163 cm³/mol. The average molecular weight is 590 g/mol. The summed E-state index contributed by atoms with van der Waals surface area (Å²) in [5.41, 5.74) is 2.97. The van der Waals surface area contributed by atoms with Crippen LogP contribution in [0.2, 0.25) is 0 Å². The van der Waals surface area contributed by atoms with Crippen molar-refractivity contribution in [1.82, 2.24) is 25.1 Å². The fourth-order valence-electron chi connectivity index (χ4n) is 5.33. The van der Waals surface area contributed by atoms with Gasteiger partial charge in [-0.1, -0.05) is 79.7 Å². The number of hydrogen-bond acceptors (Lipinski definition) is 5. The molecule has 2 heterocycles. The summed E-state index contributed by atoms with van der Waals surface area (Å²) in [6.45, 7) is 5.08. The highest BCUT2D eigenvalue weighted by Gasteiger charge is 2.51. The zero-order valence-corrected chi connectivity index (χ0v) is 25.0. The molecule has 1 N–H and O–H groups in total. The van der Waals surface area contributed by atoms with Crippen LogP contribution in [0.15, 0.2) is 90.8 Å². The SMILES string of the molecule is C\C=C/C(F)=C\C=C\CNC(=O)N1C2CN(CCOCc3cccc(CC)c3)C(=O)[C@H](c3ccccc3)N2C(=O)CN1C. The fraction of sp³-hybridized carbons (Fsp3) is 0.364. The molecule has 2 saturated heterocycles. The smallest absolute Gasteiger partial charge is 0.334 e. The molecular formula is C33H40FN5O4. The number of piperazine rings is 1. The quantitative estimate of drug-likeness (QED) is 0.311. The second-order valence-corrected chi connectivity index (χ2v) is 10.4. The number of nitrogens with one attached hydrogen (secondary N) is 1. The third-order valence-electron chi connectivity index (χ3n) is 7.42. The molecule has 43 heavy (non-hydrogen) atoms. The van der Waals surface area contributed by atoms with Gasteiger partial charge in [-0.05, 0) is 42.2 Å². The first-order chi connectivity index (χ1) is 20.8. The highest BCUT2D eigenvalue weighted by atomic mass is 19.1. The fourth-order valence-corrected chi connectivity index (χ4v) is 5.33. The number of nitrogens with zero attached hydrogens (tertiary/aromatic N) is 4. The number of allylic oxidation sites excluding steroid dienone is 5. The number of rotatable bonds is 11. The van der Waals surface area contributed by atoms with Crippen LogP contribution in [-0.4, -0.2) is 83.7 Å². The van der Waals surface area contributed by atoms with E-state index in [1.165, 1.54) is 33.7 Å². The Morgan fingerprint density at radius 3 is 2.63 bits per heavy atom. The zero-order chi connectivity index (χ0) is 30.8. The molecule has 0 bridgehead atoms. The lowest BCUT2D eigenvalue weighted by molar-refractivity contribution is -0.188. The summed E-state index contributed by atoms with van der Waals surface area (Å²) in [6.07, 6.45) is 7.60. The van der Waals surface area contributed by atoms with E-state index >= 15 is 0 Å². The van der Waals surface area contributed by atoms with Gasteiger partial charge in [0.25, 0.3) is 0 Å². The molecule has 2 aliphatic rings. The van der Waals surface area contributed by atoms with E-state index < -0.39 is 24.1 Å². The Labute approximate surface area is 252 Å². The summed E-state index contributed by atoms with van der Waals surface area (Å²) in [5, 5.41) is 5.87. The van der Waals surface area contributed by atoms with E-state index in [1.807, 2.05) is 42.5 Å². The normalized spacial score (nSPS) is 19.9. The zero-order valence-electron chi connectivity index (χ0n) is 25.0. The number of aryl methyl sites for hydroxylation is 1. The molecular weight excluding hydrogens is 549 g/mol. The topological polar surface area (TPSA) is 85.4 Å². The van der Waals surface area contributed by atoms with Crippen LogP contribution in [0.1, 0.15) is 36.6 Å².